The van der Waals surface area contributed by atoms with E-state index in [1.807, 2.05) is 22.8 Å². The molecule has 119 heavy (non-hydrogen) atoms. The largest absolute Gasteiger partial charge is 0.466 e. The lowest BCUT2D eigenvalue weighted by molar-refractivity contribution is -0.144. The Morgan fingerprint density at radius 1 is 0.244 bits per heavy atom. The quantitative estimate of drug-likeness (QED) is 0.0242. The van der Waals surface area contributed by atoms with Gasteiger partial charge in [0.05, 0.1) is 13.2 Å². The van der Waals surface area contributed by atoms with Gasteiger partial charge in [0.25, 0.3) is 0 Å². The third-order valence-electron chi connectivity index (χ3n) is 24.3. The van der Waals surface area contributed by atoms with Crippen LogP contribution in [-0.4, -0.2) is 36.7 Å². The molecule has 0 fully saturated rings. The van der Waals surface area contributed by atoms with Gasteiger partial charge in [-0.05, 0) is 158 Å². The van der Waals surface area contributed by atoms with E-state index < -0.39 is 15.2 Å². The van der Waals surface area contributed by atoms with Crippen molar-refractivity contribution in [2.75, 3.05) is 24.7 Å². The summed E-state index contributed by atoms with van der Waals surface area (Å²) in [6, 6.07) is 35.2. The number of aryl methyl sites for hydroxylation is 2. The average molecular weight is 1720 g/mol. The van der Waals surface area contributed by atoms with Crippen molar-refractivity contribution >= 4 is 49.9 Å². The molecule has 8 nitrogen and oxygen atoms in total. The van der Waals surface area contributed by atoms with E-state index in [9.17, 15) is 9.59 Å². The van der Waals surface area contributed by atoms with Crippen molar-refractivity contribution in [3.8, 4) is 23.0 Å². The topological polar surface area (TPSA) is 89.5 Å². The molecule has 4 aromatic rings. The maximum Gasteiger partial charge on any atom is 0.360 e. The molecule has 0 N–H and O–H groups in total. The van der Waals surface area contributed by atoms with Gasteiger partial charge in [-0.1, -0.05) is 462 Å². The highest BCUT2D eigenvalue weighted by Gasteiger charge is 2.26. The summed E-state index contributed by atoms with van der Waals surface area (Å²) in [5.41, 5.74) is 4.97. The summed E-state index contributed by atoms with van der Waals surface area (Å²) in [5, 5.41) is 0. The van der Waals surface area contributed by atoms with Crippen LogP contribution in [0.2, 0.25) is 0 Å². The highest BCUT2D eigenvalue weighted by Crippen LogP contribution is 2.54. The van der Waals surface area contributed by atoms with Crippen LogP contribution in [0.4, 0.5) is 0 Å². The molecule has 0 bridgehead atoms. The molecular formula is C107H182O8P2S2. The van der Waals surface area contributed by atoms with Crippen LogP contribution in [0.1, 0.15) is 500 Å². The number of unbranched alkanes of at least 4 members (excludes halogenated alkanes) is 60. The Morgan fingerprint density at radius 2 is 0.437 bits per heavy atom. The van der Waals surface area contributed by atoms with E-state index >= 15 is 0 Å². The van der Waals surface area contributed by atoms with Crippen molar-refractivity contribution in [3.63, 3.8) is 0 Å². The summed E-state index contributed by atoms with van der Waals surface area (Å²) in [6.07, 6.45) is 89.0. The molecule has 2 unspecified atom stereocenters. The van der Waals surface area contributed by atoms with Crippen molar-refractivity contribution in [3.05, 3.63) is 119 Å². The maximum absolute atomic E-state index is 12.3. The van der Waals surface area contributed by atoms with Gasteiger partial charge in [0.15, 0.2) is 0 Å². The van der Waals surface area contributed by atoms with Crippen LogP contribution in [0.15, 0.2) is 97.1 Å². The van der Waals surface area contributed by atoms with Crippen molar-refractivity contribution < 1.29 is 37.2 Å². The second-order valence-corrected chi connectivity index (χ2v) is 42.1. The number of rotatable bonds is 88. The molecule has 0 saturated carbocycles. The third kappa shape index (κ3) is 62.4. The van der Waals surface area contributed by atoms with E-state index in [0.717, 1.165) is 98.7 Å². The fourth-order valence-corrected chi connectivity index (χ4v) is 22.0. The van der Waals surface area contributed by atoms with Gasteiger partial charge in [-0.3, -0.25) is 9.59 Å². The minimum absolute atomic E-state index is 0.0000344. The van der Waals surface area contributed by atoms with E-state index in [0.29, 0.717) is 26.1 Å². The fourth-order valence-electron chi connectivity index (χ4n) is 16.2. The van der Waals surface area contributed by atoms with Gasteiger partial charge in [0.1, 0.15) is 23.0 Å². The molecule has 0 aliphatic rings. The number of esters is 2. The molecule has 2 atom stereocenters. The molecule has 0 aromatic heterocycles. The molecule has 0 spiro atoms. The van der Waals surface area contributed by atoms with Gasteiger partial charge >= 0.3 is 27.1 Å². The second-order valence-electron chi connectivity index (χ2n) is 35.8. The molecule has 680 valence electrons. The smallest absolute Gasteiger partial charge is 0.360 e. The zero-order valence-corrected chi connectivity index (χ0v) is 81.5. The van der Waals surface area contributed by atoms with Crippen molar-refractivity contribution in [2.45, 2.75) is 496 Å². The molecule has 12 heteroatoms. The van der Waals surface area contributed by atoms with E-state index in [1.165, 1.54) is 395 Å². The summed E-state index contributed by atoms with van der Waals surface area (Å²) in [5.74, 6) is 5.46. The number of carbonyl (C=O) groups excluding carboxylic acids is 2. The van der Waals surface area contributed by atoms with E-state index in [-0.39, 0.29) is 17.4 Å². The zero-order chi connectivity index (χ0) is 84.7. The molecule has 0 radical (unpaired) electrons. The van der Waals surface area contributed by atoms with Crippen molar-refractivity contribution in [1.29, 1.82) is 0 Å². The van der Waals surface area contributed by atoms with Crippen LogP contribution < -0.4 is 18.1 Å². The molecule has 4 aromatic carbocycles. The molecule has 0 aliphatic carbocycles. The summed E-state index contributed by atoms with van der Waals surface area (Å²) in [4.78, 5) is 24.6. The Labute approximate surface area is 745 Å². The predicted octanol–water partition coefficient (Wildman–Crippen LogP) is 37.6. The SMILES string of the molecule is CCCCCCCCCCCCCOC(=O)CCCCCCCCCCCCCSP(Oc1ccc(CCCCCCCCCCCCC)cc1)Oc1ccc(C(C)(C)c2ccc(OP(Oc3ccc(CCCCCCCCCCCCC)cc3)SCCCCCCCCCCCCCC(=O)OCCCCCCCCCCCCC)cc2)cc1. The monoisotopic (exact) mass is 1720 g/mol. The molecular weight excluding hydrogens is 1540 g/mol. The Morgan fingerprint density at radius 3 is 0.672 bits per heavy atom. The van der Waals surface area contributed by atoms with Crippen LogP contribution in [0, 0.1) is 0 Å². The molecule has 0 amide bonds. The maximum atomic E-state index is 12.3. The van der Waals surface area contributed by atoms with Gasteiger partial charge < -0.3 is 27.6 Å². The number of hydrogen-bond donors (Lipinski definition) is 0. The minimum Gasteiger partial charge on any atom is -0.466 e. The number of hydrogen-bond acceptors (Lipinski definition) is 10. The van der Waals surface area contributed by atoms with Crippen LogP contribution in [0.25, 0.3) is 0 Å². The molecule has 4 rings (SSSR count). The van der Waals surface area contributed by atoms with Crippen molar-refractivity contribution in [2.24, 2.45) is 0 Å². The van der Waals surface area contributed by atoms with Gasteiger partial charge in [-0.25, -0.2) is 0 Å². The van der Waals surface area contributed by atoms with Crippen molar-refractivity contribution in [1.82, 2.24) is 0 Å². The van der Waals surface area contributed by atoms with Crippen LogP contribution >= 0.6 is 37.9 Å². The highest BCUT2D eigenvalue weighted by molar-refractivity contribution is 8.53. The van der Waals surface area contributed by atoms with Gasteiger partial charge in [0, 0.05) is 29.8 Å². The number of benzene rings is 4. The molecule has 0 aliphatic heterocycles. The van der Waals surface area contributed by atoms with Gasteiger partial charge in [0.2, 0.25) is 0 Å². The Bertz CT molecular complexity index is 2670. The van der Waals surface area contributed by atoms with Crippen LogP contribution in [0.3, 0.4) is 0 Å². The lowest BCUT2D eigenvalue weighted by Crippen LogP contribution is -2.18. The first-order chi connectivity index (χ1) is 58.6. The zero-order valence-electron chi connectivity index (χ0n) is 78.0. The summed E-state index contributed by atoms with van der Waals surface area (Å²) in [6.45, 7) is 15.0. The van der Waals surface area contributed by atoms with E-state index in [2.05, 4.69) is 139 Å². The third-order valence-corrected chi connectivity index (χ3v) is 30.4. The molecule has 0 saturated heterocycles. The van der Waals surface area contributed by atoms with Crippen LogP contribution in [-0.2, 0) is 37.3 Å². The lowest BCUT2D eigenvalue weighted by Gasteiger charge is -2.27. The summed E-state index contributed by atoms with van der Waals surface area (Å²) in [7, 11) is -2.56. The Kier molecular flexibility index (Phi) is 71.9. The number of ether oxygens (including phenoxy) is 2. The van der Waals surface area contributed by atoms with E-state index in [1.54, 1.807) is 0 Å². The Balaban J connectivity index is 1.22. The number of carbonyl (C=O) groups is 2. The second kappa shape index (κ2) is 79.2. The first kappa shape index (κ1) is 108. The first-order valence-electron chi connectivity index (χ1n) is 50.9. The fraction of sp³-hybridized carbons (Fsp3) is 0.757. The first-order valence-corrected chi connectivity index (χ1v) is 56.4. The van der Waals surface area contributed by atoms with E-state index in [4.69, 9.17) is 27.6 Å². The normalized spacial score (nSPS) is 12.2. The standard InChI is InChI=1S/C107H182O8P2S2/c1-7-11-15-19-23-27-33-41-49-57-65-73-97-77-85-101(86-78-97)112-116(118-95-71-63-55-47-39-31-35-43-51-59-67-75-105(108)110-93-69-61-53-45-37-29-25-21-17-13-9-3)114-103-89-81-99(82-90-103)107(5,6)100-83-91-104(92-84-100)115-117(113-102-87-79-98(80-88-102)74-66-58-50-42-34-28-24-20-16-12-8-2)119-96-72-64-56-48-40-32-36-44-52-60-68-76-106(109)111-94-70-62-54-46-38-30-26-22-18-14-10-4/h77-92H,7-76,93-96H2,1-6H3. The predicted molar refractivity (Wildman–Crippen MR) is 525 cm³/mol. The minimum atomic E-state index is -1.28. The van der Waals surface area contributed by atoms with Crippen LogP contribution in [0.5, 0.6) is 23.0 Å². The van der Waals surface area contributed by atoms with Gasteiger partial charge in [-0.2, -0.15) is 0 Å². The van der Waals surface area contributed by atoms with Gasteiger partial charge in [-0.15, -0.1) is 0 Å². The average Bonchev–Trinajstić information content (AvgIpc) is 0.800. The summed E-state index contributed by atoms with van der Waals surface area (Å²) < 4.78 is 38.3. The Hall–Kier alpha value is -3.42. The molecule has 0 heterocycles. The lowest BCUT2D eigenvalue weighted by atomic mass is 9.78. The summed E-state index contributed by atoms with van der Waals surface area (Å²) >= 11 is 3.67. The highest BCUT2D eigenvalue weighted by atomic mass is 32.7.